The summed E-state index contributed by atoms with van der Waals surface area (Å²) in [6.07, 6.45) is 1.38. The van der Waals surface area contributed by atoms with E-state index in [1.54, 1.807) is 4.90 Å². The smallest absolute Gasteiger partial charge is 0.317 e. The Morgan fingerprint density at radius 3 is 2.95 bits per heavy atom. The van der Waals surface area contributed by atoms with Crippen molar-refractivity contribution in [3.63, 3.8) is 0 Å². The molecule has 0 saturated carbocycles. The van der Waals surface area contributed by atoms with E-state index in [4.69, 9.17) is 5.11 Å². The lowest BCUT2D eigenvalue weighted by atomic mass is 9.99. The van der Waals surface area contributed by atoms with E-state index in [2.05, 4.69) is 21.2 Å². The van der Waals surface area contributed by atoms with E-state index < -0.39 is 11.9 Å². The molecule has 6 heteroatoms. The molecule has 0 unspecified atom stereocenters. The van der Waals surface area contributed by atoms with Crippen LogP contribution in [0.3, 0.4) is 0 Å². The van der Waals surface area contributed by atoms with Crippen molar-refractivity contribution in [2.45, 2.75) is 19.4 Å². The molecule has 1 atom stereocenters. The van der Waals surface area contributed by atoms with Crippen LogP contribution in [0.2, 0.25) is 0 Å². The first-order chi connectivity index (χ1) is 9.56. The number of carboxylic acids is 1. The van der Waals surface area contributed by atoms with E-state index in [0.29, 0.717) is 26.1 Å². The largest absolute Gasteiger partial charge is 0.481 e. The van der Waals surface area contributed by atoms with Gasteiger partial charge in [-0.25, -0.2) is 4.79 Å². The van der Waals surface area contributed by atoms with Crippen LogP contribution in [0.25, 0.3) is 0 Å². The highest BCUT2D eigenvalue weighted by Gasteiger charge is 2.27. The number of carbonyl (C=O) groups excluding carboxylic acids is 1. The molecule has 0 bridgehead atoms. The maximum atomic E-state index is 12.0. The van der Waals surface area contributed by atoms with Crippen LogP contribution in [0.15, 0.2) is 28.7 Å². The summed E-state index contributed by atoms with van der Waals surface area (Å²) in [5.74, 6) is -1.27. The van der Waals surface area contributed by atoms with Gasteiger partial charge in [0.15, 0.2) is 0 Å². The minimum absolute atomic E-state index is 0.198. The second kappa shape index (κ2) is 6.74. The molecule has 2 N–H and O–H groups in total. The molecule has 1 aromatic carbocycles. The van der Waals surface area contributed by atoms with E-state index in [-0.39, 0.29) is 6.03 Å². The highest BCUT2D eigenvalue weighted by Crippen LogP contribution is 2.17. The molecule has 20 heavy (non-hydrogen) atoms. The summed E-state index contributed by atoms with van der Waals surface area (Å²) in [6.45, 7) is 1.35. The van der Waals surface area contributed by atoms with Crippen molar-refractivity contribution in [2.24, 2.45) is 5.92 Å². The van der Waals surface area contributed by atoms with Gasteiger partial charge in [-0.1, -0.05) is 28.1 Å². The molecule has 1 heterocycles. The zero-order valence-electron chi connectivity index (χ0n) is 11.0. The Labute approximate surface area is 126 Å². The number of likely N-dealkylation sites (tertiary alicyclic amines) is 1. The lowest BCUT2D eigenvalue weighted by Gasteiger charge is -2.30. The van der Waals surface area contributed by atoms with Gasteiger partial charge < -0.3 is 15.3 Å². The van der Waals surface area contributed by atoms with Crippen LogP contribution in [0.4, 0.5) is 4.79 Å². The van der Waals surface area contributed by atoms with Gasteiger partial charge in [0.25, 0.3) is 0 Å². The van der Waals surface area contributed by atoms with Crippen LogP contribution in [-0.2, 0) is 11.3 Å². The van der Waals surface area contributed by atoms with Gasteiger partial charge in [-0.15, -0.1) is 0 Å². The van der Waals surface area contributed by atoms with Crippen molar-refractivity contribution in [3.05, 3.63) is 34.3 Å². The Morgan fingerprint density at radius 1 is 1.45 bits per heavy atom. The Kier molecular flexibility index (Phi) is 5.00. The van der Waals surface area contributed by atoms with E-state index in [1.165, 1.54) is 0 Å². The summed E-state index contributed by atoms with van der Waals surface area (Å²) in [5.41, 5.74) is 1.000. The Hall–Kier alpha value is -1.56. The Bertz CT molecular complexity index is 507. The quantitative estimate of drug-likeness (QED) is 0.887. The molecule has 2 amide bonds. The summed E-state index contributed by atoms with van der Waals surface area (Å²) in [5, 5.41) is 11.8. The fourth-order valence-electron chi connectivity index (χ4n) is 2.30. The zero-order chi connectivity index (χ0) is 14.5. The molecule has 2 rings (SSSR count). The van der Waals surface area contributed by atoms with Crippen LogP contribution < -0.4 is 5.32 Å². The number of urea groups is 1. The van der Waals surface area contributed by atoms with Crippen LogP contribution in [0.1, 0.15) is 18.4 Å². The molecule has 1 saturated heterocycles. The number of rotatable bonds is 3. The van der Waals surface area contributed by atoms with Gasteiger partial charge in [-0.2, -0.15) is 0 Å². The normalized spacial score (nSPS) is 18.6. The number of hydrogen-bond acceptors (Lipinski definition) is 2. The molecule has 1 aliphatic heterocycles. The van der Waals surface area contributed by atoms with Crippen molar-refractivity contribution in [2.75, 3.05) is 13.1 Å². The van der Waals surface area contributed by atoms with Crippen molar-refractivity contribution in [1.29, 1.82) is 0 Å². The number of aliphatic carboxylic acids is 1. The van der Waals surface area contributed by atoms with E-state index in [1.807, 2.05) is 24.3 Å². The van der Waals surface area contributed by atoms with Crippen LogP contribution in [0.5, 0.6) is 0 Å². The Balaban J connectivity index is 1.87. The summed E-state index contributed by atoms with van der Waals surface area (Å²) in [7, 11) is 0. The first-order valence-corrected chi connectivity index (χ1v) is 7.35. The molecule has 0 radical (unpaired) electrons. The predicted molar refractivity (Wildman–Crippen MR) is 78.3 cm³/mol. The monoisotopic (exact) mass is 340 g/mol. The van der Waals surface area contributed by atoms with E-state index >= 15 is 0 Å². The van der Waals surface area contributed by atoms with E-state index in [9.17, 15) is 9.59 Å². The number of hydrogen-bond donors (Lipinski definition) is 2. The number of nitrogens with zero attached hydrogens (tertiary/aromatic N) is 1. The average molecular weight is 341 g/mol. The fraction of sp³-hybridized carbons (Fsp3) is 0.429. The lowest BCUT2D eigenvalue weighted by molar-refractivity contribution is -0.143. The number of benzene rings is 1. The van der Waals surface area contributed by atoms with Crippen molar-refractivity contribution in [1.82, 2.24) is 10.2 Å². The minimum atomic E-state index is -0.825. The molecule has 1 aromatic rings. The van der Waals surface area contributed by atoms with Gasteiger partial charge in [0.2, 0.25) is 0 Å². The van der Waals surface area contributed by atoms with E-state index in [0.717, 1.165) is 16.5 Å². The third-order valence-corrected chi connectivity index (χ3v) is 3.88. The number of piperidine rings is 1. The highest BCUT2D eigenvalue weighted by atomic mass is 79.9. The molecule has 1 fully saturated rings. The molecule has 108 valence electrons. The lowest BCUT2D eigenvalue weighted by Crippen LogP contribution is -2.46. The third-order valence-electron chi connectivity index (χ3n) is 3.39. The van der Waals surface area contributed by atoms with Crippen molar-refractivity contribution < 1.29 is 14.7 Å². The maximum Gasteiger partial charge on any atom is 0.317 e. The summed E-state index contributed by atoms with van der Waals surface area (Å²) < 4.78 is 0.966. The van der Waals surface area contributed by atoms with Crippen LogP contribution >= 0.6 is 15.9 Å². The van der Waals surface area contributed by atoms with Crippen molar-refractivity contribution >= 4 is 27.9 Å². The Morgan fingerprint density at radius 2 is 2.25 bits per heavy atom. The third kappa shape index (κ3) is 3.96. The summed E-state index contributed by atoms with van der Waals surface area (Å²) in [4.78, 5) is 24.6. The predicted octanol–water partition coefficient (Wildman–Crippen LogP) is 2.46. The molecule has 0 spiro atoms. The van der Waals surface area contributed by atoms with Crippen LogP contribution in [0, 0.1) is 5.92 Å². The molecule has 5 nitrogen and oxygen atoms in total. The highest BCUT2D eigenvalue weighted by molar-refractivity contribution is 9.10. The summed E-state index contributed by atoms with van der Waals surface area (Å²) >= 11 is 3.38. The van der Waals surface area contributed by atoms with Gasteiger partial charge >= 0.3 is 12.0 Å². The fourth-order valence-corrected chi connectivity index (χ4v) is 2.75. The second-order valence-corrected chi connectivity index (χ2v) is 5.83. The molecule has 1 aliphatic rings. The van der Waals surface area contributed by atoms with Gasteiger partial charge in [0, 0.05) is 24.1 Å². The minimum Gasteiger partial charge on any atom is -0.481 e. The number of amides is 2. The molecule has 0 aromatic heterocycles. The average Bonchev–Trinajstić information content (AvgIpc) is 2.45. The molecular weight excluding hydrogens is 324 g/mol. The number of nitrogens with one attached hydrogen (secondary N) is 1. The first-order valence-electron chi connectivity index (χ1n) is 6.56. The molecule has 0 aliphatic carbocycles. The topological polar surface area (TPSA) is 69.6 Å². The maximum absolute atomic E-state index is 12.0. The number of halogens is 1. The summed E-state index contributed by atoms with van der Waals surface area (Å²) in [6, 6.07) is 7.51. The van der Waals surface area contributed by atoms with Gasteiger partial charge in [-0.3, -0.25) is 4.79 Å². The van der Waals surface area contributed by atoms with Gasteiger partial charge in [0.1, 0.15) is 0 Å². The van der Waals surface area contributed by atoms with Crippen molar-refractivity contribution in [3.8, 4) is 0 Å². The standard InChI is InChI=1S/C14H17BrN2O3/c15-12-5-1-3-10(7-12)8-16-14(20)17-6-2-4-11(9-17)13(18)19/h1,3,5,7,11H,2,4,6,8-9H2,(H,16,20)(H,18,19)/t11-/m1/s1. The van der Waals surface area contributed by atoms with Gasteiger partial charge in [0.05, 0.1) is 5.92 Å². The number of carboxylic acid groups (broad SMARTS) is 1. The van der Waals surface area contributed by atoms with Crippen LogP contribution in [-0.4, -0.2) is 35.1 Å². The molecular formula is C14H17BrN2O3. The number of carbonyl (C=O) groups is 2. The first kappa shape index (κ1) is 14.8. The zero-order valence-corrected chi connectivity index (χ0v) is 12.6. The SMILES string of the molecule is O=C(O)[C@@H]1CCCN(C(=O)NCc2cccc(Br)c2)C1. The second-order valence-electron chi connectivity index (χ2n) is 4.91. The van der Waals surface area contributed by atoms with Gasteiger partial charge in [-0.05, 0) is 30.5 Å².